The molecule has 3 aliphatic rings. The van der Waals surface area contributed by atoms with Crippen LogP contribution in [0.2, 0.25) is 0 Å². The third-order valence-electron chi connectivity index (χ3n) is 10.1. The summed E-state index contributed by atoms with van der Waals surface area (Å²) in [5, 5.41) is 18.5. The monoisotopic (exact) mass is 683 g/mol. The Hall–Kier alpha value is -4.29. The van der Waals surface area contributed by atoms with Gasteiger partial charge in [0.2, 0.25) is 17.7 Å². The van der Waals surface area contributed by atoms with Crippen LogP contribution in [0.5, 0.6) is 0 Å². The number of rotatable bonds is 13. The van der Waals surface area contributed by atoms with Gasteiger partial charge < -0.3 is 40.3 Å². The van der Waals surface area contributed by atoms with Crippen LogP contribution in [0.15, 0.2) is 78.9 Å². The average Bonchev–Trinajstić information content (AvgIpc) is 3.45. The van der Waals surface area contributed by atoms with Gasteiger partial charge in [0.05, 0.1) is 25.5 Å². The van der Waals surface area contributed by atoms with Gasteiger partial charge in [0, 0.05) is 62.9 Å². The van der Waals surface area contributed by atoms with Crippen LogP contribution in [-0.4, -0.2) is 72.2 Å². The molecule has 3 fully saturated rings. The van der Waals surface area contributed by atoms with Gasteiger partial charge in [0.15, 0.2) is 6.29 Å². The van der Waals surface area contributed by atoms with E-state index in [9.17, 15) is 19.5 Å². The molecule has 3 heterocycles. The highest BCUT2D eigenvalue weighted by Crippen LogP contribution is 2.40. The first-order chi connectivity index (χ1) is 24.3. The van der Waals surface area contributed by atoms with Crippen molar-refractivity contribution in [2.45, 2.75) is 82.5 Å². The highest BCUT2D eigenvalue weighted by Gasteiger charge is 2.50. The average molecular weight is 684 g/mol. The molecule has 266 valence electrons. The maximum atomic E-state index is 13.2. The third-order valence-corrected chi connectivity index (χ3v) is 10.1. The van der Waals surface area contributed by atoms with Gasteiger partial charge in [0.1, 0.15) is 5.54 Å². The Labute approximate surface area is 294 Å². The van der Waals surface area contributed by atoms with E-state index in [2.05, 4.69) is 37.9 Å². The number of unbranched alkanes of at least 4 members (excludes halogenated alkanes) is 2. The molecule has 1 spiro atoms. The number of ether oxygens (including phenoxy) is 2. The van der Waals surface area contributed by atoms with E-state index in [1.165, 1.54) is 6.92 Å². The summed E-state index contributed by atoms with van der Waals surface area (Å²) >= 11 is 0. The lowest BCUT2D eigenvalue weighted by atomic mass is 9.85. The van der Waals surface area contributed by atoms with Gasteiger partial charge >= 0.3 is 0 Å². The number of likely N-dealkylation sites (tertiary alicyclic amines) is 1. The molecule has 11 heteroatoms. The molecule has 11 nitrogen and oxygen atoms in total. The van der Waals surface area contributed by atoms with Crippen molar-refractivity contribution in [3.05, 3.63) is 95.6 Å². The van der Waals surface area contributed by atoms with Crippen molar-refractivity contribution in [3.63, 3.8) is 0 Å². The third kappa shape index (κ3) is 8.70. The molecule has 3 saturated heterocycles. The Morgan fingerprint density at radius 3 is 2.46 bits per heavy atom. The molecule has 6 rings (SSSR count). The van der Waals surface area contributed by atoms with Crippen molar-refractivity contribution in [2.24, 2.45) is 0 Å². The maximum absolute atomic E-state index is 13.2. The Morgan fingerprint density at radius 1 is 0.940 bits per heavy atom. The van der Waals surface area contributed by atoms with Crippen LogP contribution in [0.25, 0.3) is 0 Å². The second kappa shape index (κ2) is 16.6. The number of para-hydroxylation sites is 1. The first-order valence-corrected chi connectivity index (χ1v) is 17.8. The summed E-state index contributed by atoms with van der Waals surface area (Å²) < 4.78 is 13.2. The minimum absolute atomic E-state index is 0.0219. The van der Waals surface area contributed by atoms with Gasteiger partial charge in [-0.15, -0.1) is 0 Å². The van der Waals surface area contributed by atoms with Crippen LogP contribution in [0.4, 0.5) is 11.4 Å². The molecule has 0 aromatic heterocycles. The molecule has 3 aromatic rings. The SMILES string of the molecule is CC(=O)NCCCCCC(=O)Nc1cccc([C@@H]2O[C@H](CN3CCC4(CC3)C(=O)NCN4c3ccccc3)C[C@H](c3ccc(CO)cc3)O2)c1. The Balaban J connectivity index is 1.11. The largest absolute Gasteiger partial charge is 0.392 e. The molecule has 3 atom stereocenters. The van der Waals surface area contributed by atoms with Gasteiger partial charge in [-0.3, -0.25) is 14.4 Å². The van der Waals surface area contributed by atoms with Crippen molar-refractivity contribution in [1.82, 2.24) is 15.5 Å². The normalized spacial score (nSPS) is 21.9. The molecule has 0 saturated carbocycles. The molecule has 0 aliphatic carbocycles. The van der Waals surface area contributed by atoms with E-state index in [1.54, 1.807) is 0 Å². The fourth-order valence-corrected chi connectivity index (χ4v) is 7.30. The van der Waals surface area contributed by atoms with Crippen LogP contribution in [0.3, 0.4) is 0 Å². The van der Waals surface area contributed by atoms with Crippen LogP contribution < -0.4 is 20.9 Å². The number of anilines is 2. The highest BCUT2D eigenvalue weighted by molar-refractivity contribution is 5.93. The van der Waals surface area contributed by atoms with Crippen LogP contribution in [-0.2, 0) is 30.5 Å². The minimum atomic E-state index is -0.646. The summed E-state index contributed by atoms with van der Waals surface area (Å²) in [5.74, 6) is 0.000753. The number of carbonyl (C=O) groups is 3. The first kappa shape index (κ1) is 35.5. The summed E-state index contributed by atoms with van der Waals surface area (Å²) in [4.78, 5) is 41.6. The molecule has 0 unspecified atom stereocenters. The van der Waals surface area contributed by atoms with Gasteiger partial charge in [0.25, 0.3) is 0 Å². The molecule has 0 bridgehead atoms. The Morgan fingerprint density at radius 2 is 1.72 bits per heavy atom. The summed E-state index contributed by atoms with van der Waals surface area (Å²) in [7, 11) is 0. The molecule has 3 amide bonds. The number of hydrogen-bond donors (Lipinski definition) is 4. The summed E-state index contributed by atoms with van der Waals surface area (Å²) in [5.41, 5.74) is 3.87. The van der Waals surface area contributed by atoms with Crippen molar-refractivity contribution in [3.8, 4) is 0 Å². The number of piperidine rings is 1. The molecule has 0 radical (unpaired) electrons. The molecule has 3 aromatic carbocycles. The number of aliphatic hydroxyl groups is 1. The van der Waals surface area contributed by atoms with Gasteiger partial charge in [-0.2, -0.15) is 0 Å². The Kier molecular flexibility index (Phi) is 11.8. The quantitative estimate of drug-likeness (QED) is 0.189. The smallest absolute Gasteiger partial charge is 0.247 e. The molecule has 50 heavy (non-hydrogen) atoms. The number of nitrogens with one attached hydrogen (secondary N) is 3. The first-order valence-electron chi connectivity index (χ1n) is 17.8. The summed E-state index contributed by atoms with van der Waals surface area (Å²) in [6.45, 7) is 4.86. The fourth-order valence-electron chi connectivity index (χ4n) is 7.30. The fraction of sp³-hybridized carbons (Fsp3) is 0.462. The van der Waals surface area contributed by atoms with Crippen molar-refractivity contribution < 1.29 is 29.0 Å². The summed E-state index contributed by atoms with van der Waals surface area (Å²) in [6, 6.07) is 25.6. The number of aliphatic hydroxyl groups excluding tert-OH is 1. The number of benzene rings is 3. The van der Waals surface area contributed by atoms with Crippen molar-refractivity contribution >= 4 is 29.1 Å². The zero-order valence-electron chi connectivity index (χ0n) is 28.8. The van der Waals surface area contributed by atoms with Crippen LogP contribution in [0.1, 0.15) is 81.0 Å². The van der Waals surface area contributed by atoms with Gasteiger partial charge in [-0.25, -0.2) is 0 Å². The number of amides is 3. The zero-order chi connectivity index (χ0) is 34.9. The van der Waals surface area contributed by atoms with E-state index in [1.807, 2.05) is 66.7 Å². The van der Waals surface area contributed by atoms with E-state index >= 15 is 0 Å². The molecule has 4 N–H and O–H groups in total. The number of carbonyl (C=O) groups excluding carboxylic acids is 3. The maximum Gasteiger partial charge on any atom is 0.247 e. The van der Waals surface area contributed by atoms with Crippen molar-refractivity contribution in [2.75, 3.05) is 43.1 Å². The molecular formula is C39H49N5O6. The predicted molar refractivity (Wildman–Crippen MR) is 191 cm³/mol. The summed E-state index contributed by atoms with van der Waals surface area (Å²) in [6.07, 6.45) is 3.93. The molecule has 3 aliphatic heterocycles. The number of nitrogens with zero attached hydrogens (tertiary/aromatic N) is 2. The molecular weight excluding hydrogens is 634 g/mol. The second-order valence-corrected chi connectivity index (χ2v) is 13.6. The van der Waals surface area contributed by atoms with E-state index in [-0.39, 0.29) is 36.5 Å². The highest BCUT2D eigenvalue weighted by atomic mass is 16.7. The minimum Gasteiger partial charge on any atom is -0.392 e. The topological polar surface area (TPSA) is 132 Å². The lowest BCUT2D eigenvalue weighted by Crippen LogP contribution is -2.57. The van der Waals surface area contributed by atoms with Gasteiger partial charge in [-0.05, 0) is 61.1 Å². The Bertz CT molecular complexity index is 1590. The van der Waals surface area contributed by atoms with E-state index < -0.39 is 11.8 Å². The van der Waals surface area contributed by atoms with Crippen molar-refractivity contribution in [1.29, 1.82) is 0 Å². The predicted octanol–water partition coefficient (Wildman–Crippen LogP) is 4.79. The standard InChI is InChI=1S/C39H49N5O6/c1-28(46)40-20-7-3-6-13-36(47)42-32-10-8-9-31(23-32)37-49-34(24-35(50-37)30-16-14-29(26-45)15-17-30)25-43-21-18-39(19-22-43)38(48)41-27-44(39)33-11-4-2-5-12-33/h2,4-5,8-12,14-17,23,34-35,37,45H,3,6-7,13,18-22,24-27H2,1H3,(H,40,46)(H,41,48)(H,42,47)/t34-,35+,37+/m0/s1. The van der Waals surface area contributed by atoms with E-state index in [0.29, 0.717) is 38.3 Å². The number of hydrogen-bond acceptors (Lipinski definition) is 8. The second-order valence-electron chi connectivity index (χ2n) is 13.6. The van der Waals surface area contributed by atoms with E-state index in [4.69, 9.17) is 9.47 Å². The zero-order valence-corrected chi connectivity index (χ0v) is 28.8. The lowest BCUT2D eigenvalue weighted by molar-refractivity contribution is -0.253. The van der Waals surface area contributed by atoms with Gasteiger partial charge in [-0.1, -0.05) is 61.0 Å². The van der Waals surface area contributed by atoms with Crippen LogP contribution in [0, 0.1) is 0 Å². The van der Waals surface area contributed by atoms with E-state index in [0.717, 1.165) is 67.6 Å². The lowest BCUT2D eigenvalue weighted by Gasteiger charge is -2.45. The van der Waals surface area contributed by atoms with Crippen LogP contribution >= 0.6 is 0 Å².